The van der Waals surface area contributed by atoms with Gasteiger partial charge in [-0.1, -0.05) is 0 Å². The second-order valence-corrected chi connectivity index (χ2v) is 6.97. The number of aromatic nitrogens is 2. The second-order valence-electron chi connectivity index (χ2n) is 6.97. The van der Waals surface area contributed by atoms with Crippen molar-refractivity contribution in [2.24, 2.45) is 7.05 Å². The third-order valence-corrected chi connectivity index (χ3v) is 5.01. The molecule has 1 aliphatic heterocycles. The molecule has 3 rings (SSSR count). The highest BCUT2D eigenvalue weighted by atomic mass is 16.5. The summed E-state index contributed by atoms with van der Waals surface area (Å²) in [6.07, 6.45) is 5.62. The van der Waals surface area contributed by atoms with Gasteiger partial charge in [-0.25, -0.2) is 0 Å². The maximum atomic E-state index is 12.9. The SMILES string of the molecule is COc1ccc(N2CCCCC2)cc1C(=O)N[C@H](C)c1cn(C)nc1C. The van der Waals surface area contributed by atoms with Crippen LogP contribution in [0.4, 0.5) is 5.69 Å². The number of carbonyl (C=O) groups excluding carboxylic acids is 1. The number of aryl methyl sites for hydroxylation is 2. The lowest BCUT2D eigenvalue weighted by Gasteiger charge is -2.29. The molecule has 0 unspecified atom stereocenters. The van der Waals surface area contributed by atoms with Gasteiger partial charge in [-0.15, -0.1) is 0 Å². The van der Waals surface area contributed by atoms with Gasteiger partial charge in [0.25, 0.3) is 5.91 Å². The Morgan fingerprint density at radius 1 is 1.27 bits per heavy atom. The monoisotopic (exact) mass is 356 g/mol. The fourth-order valence-corrected chi connectivity index (χ4v) is 3.62. The van der Waals surface area contributed by atoms with E-state index in [1.165, 1.54) is 19.3 Å². The fraction of sp³-hybridized carbons (Fsp3) is 0.500. The number of rotatable bonds is 5. The molecule has 1 aromatic carbocycles. The molecule has 0 bridgehead atoms. The molecule has 0 spiro atoms. The molecule has 140 valence electrons. The van der Waals surface area contributed by atoms with Gasteiger partial charge in [0.2, 0.25) is 0 Å². The highest BCUT2D eigenvalue weighted by molar-refractivity contribution is 5.98. The van der Waals surface area contributed by atoms with Crippen LogP contribution in [-0.2, 0) is 7.05 Å². The van der Waals surface area contributed by atoms with Gasteiger partial charge in [-0.3, -0.25) is 9.48 Å². The Labute approximate surface area is 155 Å². The van der Waals surface area contributed by atoms with E-state index in [0.717, 1.165) is 30.0 Å². The first-order valence-electron chi connectivity index (χ1n) is 9.23. The number of hydrogen-bond acceptors (Lipinski definition) is 4. The first kappa shape index (κ1) is 18.3. The summed E-state index contributed by atoms with van der Waals surface area (Å²) in [5.41, 5.74) is 3.60. The Balaban J connectivity index is 1.81. The number of carbonyl (C=O) groups is 1. The summed E-state index contributed by atoms with van der Waals surface area (Å²) in [5, 5.41) is 7.44. The minimum atomic E-state index is -0.128. The Kier molecular flexibility index (Phi) is 5.49. The molecule has 6 heteroatoms. The van der Waals surface area contributed by atoms with Crippen LogP contribution >= 0.6 is 0 Å². The zero-order chi connectivity index (χ0) is 18.7. The van der Waals surface area contributed by atoms with E-state index in [2.05, 4.69) is 15.3 Å². The number of piperidine rings is 1. The number of anilines is 1. The van der Waals surface area contributed by atoms with E-state index in [-0.39, 0.29) is 11.9 Å². The number of benzene rings is 1. The molecule has 0 aliphatic carbocycles. The van der Waals surface area contributed by atoms with Crippen LogP contribution < -0.4 is 15.0 Å². The molecule has 1 aromatic heterocycles. The Morgan fingerprint density at radius 2 is 2.00 bits per heavy atom. The van der Waals surface area contributed by atoms with E-state index in [0.29, 0.717) is 11.3 Å². The van der Waals surface area contributed by atoms with Crippen molar-refractivity contribution in [3.8, 4) is 5.75 Å². The van der Waals surface area contributed by atoms with Crippen LogP contribution in [0.15, 0.2) is 24.4 Å². The maximum Gasteiger partial charge on any atom is 0.255 e. The van der Waals surface area contributed by atoms with Gasteiger partial charge in [0.05, 0.1) is 24.4 Å². The summed E-state index contributed by atoms with van der Waals surface area (Å²) in [6, 6.07) is 5.75. The molecule has 6 nitrogen and oxygen atoms in total. The Morgan fingerprint density at radius 3 is 2.62 bits per heavy atom. The number of methoxy groups -OCH3 is 1. The van der Waals surface area contributed by atoms with Crippen molar-refractivity contribution in [3.63, 3.8) is 0 Å². The molecule has 2 aromatic rings. The molecule has 0 radical (unpaired) electrons. The number of hydrogen-bond donors (Lipinski definition) is 1. The molecule has 26 heavy (non-hydrogen) atoms. The van der Waals surface area contributed by atoms with Crippen LogP contribution in [0.5, 0.6) is 5.75 Å². The maximum absolute atomic E-state index is 12.9. The summed E-state index contributed by atoms with van der Waals surface area (Å²) in [4.78, 5) is 15.3. The van der Waals surface area contributed by atoms with Gasteiger partial charge < -0.3 is 15.0 Å². The topological polar surface area (TPSA) is 59.4 Å². The summed E-state index contributed by atoms with van der Waals surface area (Å²) in [7, 11) is 3.48. The van der Waals surface area contributed by atoms with Crippen LogP contribution in [0.3, 0.4) is 0 Å². The lowest BCUT2D eigenvalue weighted by atomic mass is 10.1. The average molecular weight is 356 g/mol. The lowest BCUT2D eigenvalue weighted by Crippen LogP contribution is -2.30. The molecule has 1 atom stereocenters. The van der Waals surface area contributed by atoms with Gasteiger partial charge in [0.15, 0.2) is 0 Å². The average Bonchev–Trinajstić information content (AvgIpc) is 3.00. The molecular formula is C20H28N4O2. The van der Waals surface area contributed by atoms with Crippen molar-refractivity contribution in [1.29, 1.82) is 0 Å². The third-order valence-electron chi connectivity index (χ3n) is 5.01. The normalized spacial score (nSPS) is 15.6. The Bertz CT molecular complexity index is 778. The quantitative estimate of drug-likeness (QED) is 0.894. The smallest absolute Gasteiger partial charge is 0.255 e. The minimum absolute atomic E-state index is 0.125. The van der Waals surface area contributed by atoms with Crippen LogP contribution in [-0.4, -0.2) is 35.9 Å². The zero-order valence-electron chi connectivity index (χ0n) is 16.1. The Hall–Kier alpha value is -2.50. The highest BCUT2D eigenvalue weighted by Crippen LogP contribution is 2.28. The minimum Gasteiger partial charge on any atom is -0.496 e. The summed E-state index contributed by atoms with van der Waals surface area (Å²) < 4.78 is 7.20. The van der Waals surface area contributed by atoms with Crippen molar-refractivity contribution in [2.45, 2.75) is 39.2 Å². The van der Waals surface area contributed by atoms with Gasteiger partial charge in [-0.05, 0) is 51.3 Å². The van der Waals surface area contributed by atoms with Crippen LogP contribution in [0.1, 0.15) is 53.8 Å². The van der Waals surface area contributed by atoms with Crippen LogP contribution in [0.25, 0.3) is 0 Å². The van der Waals surface area contributed by atoms with Crippen molar-refractivity contribution in [1.82, 2.24) is 15.1 Å². The van der Waals surface area contributed by atoms with Crippen molar-refractivity contribution < 1.29 is 9.53 Å². The summed E-state index contributed by atoms with van der Waals surface area (Å²) in [5.74, 6) is 0.467. The molecule has 1 saturated heterocycles. The fourth-order valence-electron chi connectivity index (χ4n) is 3.62. The van der Waals surface area contributed by atoms with Crippen LogP contribution in [0.2, 0.25) is 0 Å². The van der Waals surface area contributed by atoms with Crippen LogP contribution in [0, 0.1) is 6.92 Å². The van der Waals surface area contributed by atoms with E-state index < -0.39 is 0 Å². The molecule has 1 aliphatic rings. The summed E-state index contributed by atoms with van der Waals surface area (Å²) >= 11 is 0. The third kappa shape index (κ3) is 3.84. The number of amides is 1. The van der Waals surface area contributed by atoms with E-state index >= 15 is 0 Å². The second kappa shape index (κ2) is 7.81. The van der Waals surface area contributed by atoms with Crippen molar-refractivity contribution >= 4 is 11.6 Å². The molecule has 1 amide bonds. The first-order valence-corrected chi connectivity index (χ1v) is 9.23. The van der Waals surface area contributed by atoms with Crippen molar-refractivity contribution in [2.75, 3.05) is 25.1 Å². The van der Waals surface area contributed by atoms with Gasteiger partial charge in [0, 0.05) is 37.6 Å². The highest BCUT2D eigenvalue weighted by Gasteiger charge is 2.20. The van der Waals surface area contributed by atoms with E-state index in [1.807, 2.05) is 45.3 Å². The molecule has 1 fully saturated rings. The largest absolute Gasteiger partial charge is 0.496 e. The molecule has 1 N–H and O–H groups in total. The van der Waals surface area contributed by atoms with E-state index in [9.17, 15) is 4.79 Å². The van der Waals surface area contributed by atoms with Gasteiger partial charge in [-0.2, -0.15) is 5.10 Å². The summed E-state index contributed by atoms with van der Waals surface area (Å²) in [6.45, 7) is 6.01. The van der Waals surface area contributed by atoms with Gasteiger partial charge >= 0.3 is 0 Å². The number of nitrogens with zero attached hydrogens (tertiary/aromatic N) is 3. The first-order chi connectivity index (χ1) is 12.5. The number of ether oxygens (including phenoxy) is 1. The molecule has 2 heterocycles. The predicted molar refractivity (Wildman–Crippen MR) is 103 cm³/mol. The predicted octanol–water partition coefficient (Wildman–Crippen LogP) is 3.22. The van der Waals surface area contributed by atoms with Crippen molar-refractivity contribution in [3.05, 3.63) is 41.2 Å². The lowest BCUT2D eigenvalue weighted by molar-refractivity contribution is 0.0937. The zero-order valence-corrected chi connectivity index (χ0v) is 16.1. The van der Waals surface area contributed by atoms with E-state index in [1.54, 1.807) is 11.8 Å². The number of nitrogens with one attached hydrogen (secondary N) is 1. The van der Waals surface area contributed by atoms with Gasteiger partial charge in [0.1, 0.15) is 5.75 Å². The molecular weight excluding hydrogens is 328 g/mol. The molecule has 0 saturated carbocycles. The van der Waals surface area contributed by atoms with E-state index in [4.69, 9.17) is 4.74 Å². The standard InChI is InChI=1S/C20H28N4O2/c1-14(18-13-23(3)22-15(18)2)21-20(25)17-12-16(8-9-19(17)26-4)24-10-6-5-7-11-24/h8-9,12-14H,5-7,10-11H2,1-4H3,(H,21,25)/t14-/m1/s1.